The van der Waals surface area contributed by atoms with Gasteiger partial charge in [0, 0.05) is 49.8 Å². The second-order valence-corrected chi connectivity index (χ2v) is 7.13. The molecular weight excluding hydrogens is 314 g/mol. The Balaban J connectivity index is 1.36. The van der Waals surface area contributed by atoms with E-state index in [1.807, 2.05) is 42.7 Å². The van der Waals surface area contributed by atoms with Crippen LogP contribution in [0.2, 0.25) is 0 Å². The van der Waals surface area contributed by atoms with E-state index < -0.39 is 0 Å². The highest BCUT2D eigenvalue weighted by Crippen LogP contribution is 2.35. The number of ether oxygens (including phenoxy) is 1. The molecule has 0 aliphatic carbocycles. The standard InChI is InChI=1S/C20H25N3O2/c24-18-7-4-12-25-20(18)8-10-23(11-9-20)15-16-13-21-19(22-14-16)17-5-2-1-3-6-17/h1-3,5-6,13-14,18,24H,4,7-12,15H2. The number of nitrogens with zero attached hydrogens (tertiary/aromatic N) is 3. The van der Waals surface area contributed by atoms with Gasteiger partial charge in [0.15, 0.2) is 5.82 Å². The lowest BCUT2D eigenvalue weighted by Gasteiger charge is -2.46. The highest BCUT2D eigenvalue weighted by molar-refractivity contribution is 5.53. The highest BCUT2D eigenvalue weighted by atomic mass is 16.5. The Labute approximate surface area is 148 Å². The van der Waals surface area contributed by atoms with Crippen LogP contribution in [0, 0.1) is 0 Å². The van der Waals surface area contributed by atoms with Crippen LogP contribution < -0.4 is 0 Å². The van der Waals surface area contributed by atoms with Crippen LogP contribution in [-0.4, -0.2) is 51.4 Å². The Hall–Kier alpha value is -1.82. The van der Waals surface area contributed by atoms with Gasteiger partial charge in [-0.2, -0.15) is 0 Å². The Morgan fingerprint density at radius 2 is 1.84 bits per heavy atom. The Morgan fingerprint density at radius 3 is 2.52 bits per heavy atom. The number of benzene rings is 1. The molecule has 2 aromatic rings. The minimum Gasteiger partial charge on any atom is -0.390 e. The molecule has 5 nitrogen and oxygen atoms in total. The maximum absolute atomic E-state index is 10.3. The van der Waals surface area contributed by atoms with Gasteiger partial charge in [0.25, 0.3) is 0 Å². The summed E-state index contributed by atoms with van der Waals surface area (Å²) in [5.41, 5.74) is 1.86. The molecule has 25 heavy (non-hydrogen) atoms. The average Bonchev–Trinajstić information content (AvgIpc) is 2.67. The van der Waals surface area contributed by atoms with Crippen LogP contribution in [0.25, 0.3) is 11.4 Å². The molecule has 1 N–H and O–H groups in total. The topological polar surface area (TPSA) is 58.5 Å². The molecule has 2 aliphatic rings. The molecule has 1 aromatic carbocycles. The first kappa shape index (κ1) is 16.6. The molecule has 2 fully saturated rings. The van der Waals surface area contributed by atoms with Gasteiger partial charge in [-0.15, -0.1) is 0 Å². The SMILES string of the molecule is OC1CCCOC12CCN(Cc1cnc(-c3ccccc3)nc1)CC2. The lowest BCUT2D eigenvalue weighted by Crippen LogP contribution is -2.55. The van der Waals surface area contributed by atoms with Crippen LogP contribution in [0.1, 0.15) is 31.2 Å². The van der Waals surface area contributed by atoms with Crippen molar-refractivity contribution in [3.05, 3.63) is 48.3 Å². The summed E-state index contributed by atoms with van der Waals surface area (Å²) in [6.07, 6.45) is 7.18. The molecule has 1 spiro atoms. The third-order valence-corrected chi connectivity index (χ3v) is 5.46. The largest absolute Gasteiger partial charge is 0.390 e. The number of aromatic nitrogens is 2. The summed E-state index contributed by atoms with van der Waals surface area (Å²) >= 11 is 0. The molecule has 0 bridgehead atoms. The zero-order valence-corrected chi connectivity index (χ0v) is 14.5. The first-order chi connectivity index (χ1) is 12.3. The Kier molecular flexibility index (Phi) is 4.79. The van der Waals surface area contributed by atoms with Crippen LogP contribution in [0.5, 0.6) is 0 Å². The fourth-order valence-electron chi connectivity index (χ4n) is 3.91. The molecule has 4 rings (SSSR count). The fourth-order valence-corrected chi connectivity index (χ4v) is 3.91. The van der Waals surface area contributed by atoms with Crippen molar-refractivity contribution in [1.29, 1.82) is 0 Å². The van der Waals surface area contributed by atoms with Crippen LogP contribution in [0.3, 0.4) is 0 Å². The van der Waals surface area contributed by atoms with Gasteiger partial charge in [-0.05, 0) is 25.7 Å². The maximum atomic E-state index is 10.3. The van der Waals surface area contributed by atoms with E-state index in [9.17, 15) is 5.11 Å². The number of aliphatic hydroxyl groups is 1. The van der Waals surface area contributed by atoms with Crippen molar-refractivity contribution in [2.75, 3.05) is 19.7 Å². The summed E-state index contributed by atoms with van der Waals surface area (Å²) in [5, 5.41) is 10.3. The van der Waals surface area contributed by atoms with E-state index in [4.69, 9.17) is 4.74 Å². The van der Waals surface area contributed by atoms with E-state index in [0.717, 1.165) is 68.9 Å². The van der Waals surface area contributed by atoms with Crippen molar-refractivity contribution in [3.63, 3.8) is 0 Å². The highest BCUT2D eigenvalue weighted by Gasteiger charge is 2.43. The number of hydrogen-bond donors (Lipinski definition) is 1. The second-order valence-electron chi connectivity index (χ2n) is 7.13. The molecule has 0 saturated carbocycles. The van der Waals surface area contributed by atoms with Crippen molar-refractivity contribution in [3.8, 4) is 11.4 Å². The summed E-state index contributed by atoms with van der Waals surface area (Å²) in [5.74, 6) is 0.765. The molecule has 5 heteroatoms. The maximum Gasteiger partial charge on any atom is 0.159 e. The zero-order chi connectivity index (χ0) is 17.1. The second kappa shape index (κ2) is 7.20. The number of rotatable bonds is 3. The summed E-state index contributed by atoms with van der Waals surface area (Å²) in [6.45, 7) is 3.52. The van der Waals surface area contributed by atoms with Crippen LogP contribution >= 0.6 is 0 Å². The van der Waals surface area contributed by atoms with Gasteiger partial charge < -0.3 is 9.84 Å². The van der Waals surface area contributed by atoms with E-state index >= 15 is 0 Å². The first-order valence-electron chi connectivity index (χ1n) is 9.16. The molecule has 3 heterocycles. The first-order valence-corrected chi connectivity index (χ1v) is 9.16. The van der Waals surface area contributed by atoms with Crippen LogP contribution in [0.4, 0.5) is 0 Å². The van der Waals surface area contributed by atoms with E-state index in [2.05, 4.69) is 14.9 Å². The predicted octanol–water partition coefficient (Wildman–Crippen LogP) is 2.65. The van der Waals surface area contributed by atoms with Gasteiger partial charge in [-0.3, -0.25) is 4.90 Å². The van der Waals surface area contributed by atoms with Crippen molar-refractivity contribution in [1.82, 2.24) is 14.9 Å². The van der Waals surface area contributed by atoms with Crippen LogP contribution in [0.15, 0.2) is 42.7 Å². The lowest BCUT2D eigenvalue weighted by molar-refractivity contribution is -0.177. The summed E-state index contributed by atoms with van der Waals surface area (Å²) in [7, 11) is 0. The minimum absolute atomic E-state index is 0.303. The predicted molar refractivity (Wildman–Crippen MR) is 95.9 cm³/mol. The van der Waals surface area contributed by atoms with E-state index in [1.165, 1.54) is 0 Å². The fraction of sp³-hybridized carbons (Fsp3) is 0.500. The zero-order valence-electron chi connectivity index (χ0n) is 14.5. The summed E-state index contributed by atoms with van der Waals surface area (Å²) in [4.78, 5) is 11.4. The number of likely N-dealkylation sites (tertiary alicyclic amines) is 1. The lowest BCUT2D eigenvalue weighted by atomic mass is 9.82. The van der Waals surface area contributed by atoms with Gasteiger partial charge >= 0.3 is 0 Å². The number of hydrogen-bond acceptors (Lipinski definition) is 5. The molecule has 1 atom stereocenters. The molecule has 1 aromatic heterocycles. The van der Waals surface area contributed by atoms with Crippen molar-refractivity contribution in [2.45, 2.75) is 43.9 Å². The molecule has 132 valence electrons. The van der Waals surface area contributed by atoms with Gasteiger partial charge in [0.2, 0.25) is 0 Å². The molecule has 1 unspecified atom stereocenters. The summed E-state index contributed by atoms with van der Waals surface area (Å²) in [6, 6.07) is 10.0. The molecule has 0 radical (unpaired) electrons. The van der Waals surface area contributed by atoms with Gasteiger partial charge in [-0.25, -0.2) is 9.97 Å². The average molecular weight is 339 g/mol. The smallest absolute Gasteiger partial charge is 0.159 e. The molecular formula is C20H25N3O2. The number of aliphatic hydroxyl groups excluding tert-OH is 1. The van der Waals surface area contributed by atoms with Crippen LogP contribution in [-0.2, 0) is 11.3 Å². The number of piperidine rings is 1. The third kappa shape index (κ3) is 3.59. The Bertz CT molecular complexity index is 682. The summed E-state index contributed by atoms with van der Waals surface area (Å²) < 4.78 is 5.98. The molecule has 0 amide bonds. The van der Waals surface area contributed by atoms with Gasteiger partial charge in [-0.1, -0.05) is 30.3 Å². The minimum atomic E-state index is -0.308. The molecule has 2 aliphatic heterocycles. The quantitative estimate of drug-likeness (QED) is 0.932. The van der Waals surface area contributed by atoms with E-state index in [0.29, 0.717) is 0 Å². The van der Waals surface area contributed by atoms with E-state index in [-0.39, 0.29) is 11.7 Å². The third-order valence-electron chi connectivity index (χ3n) is 5.46. The van der Waals surface area contributed by atoms with Crippen molar-refractivity contribution < 1.29 is 9.84 Å². The van der Waals surface area contributed by atoms with E-state index in [1.54, 1.807) is 0 Å². The van der Waals surface area contributed by atoms with Crippen molar-refractivity contribution in [2.24, 2.45) is 0 Å². The van der Waals surface area contributed by atoms with Crippen molar-refractivity contribution >= 4 is 0 Å². The Morgan fingerprint density at radius 1 is 1.12 bits per heavy atom. The van der Waals surface area contributed by atoms with Gasteiger partial charge in [0.1, 0.15) is 0 Å². The molecule has 2 saturated heterocycles. The normalized spacial score (nSPS) is 23.6. The monoisotopic (exact) mass is 339 g/mol. The van der Waals surface area contributed by atoms with Gasteiger partial charge in [0.05, 0.1) is 11.7 Å².